The Morgan fingerprint density at radius 2 is 1.62 bits per heavy atom. The molecule has 0 bridgehead atoms. The van der Waals surface area contributed by atoms with Crippen molar-refractivity contribution in [3.8, 4) is 11.5 Å². The number of carbonyl (C=O) groups excluding carboxylic acids is 2. The summed E-state index contributed by atoms with van der Waals surface area (Å²) in [7, 11) is 1.58. The van der Waals surface area contributed by atoms with Crippen LogP contribution >= 0.6 is 0 Å². The molecule has 0 saturated carbocycles. The number of hydrogen-bond donors (Lipinski definition) is 0. The second kappa shape index (κ2) is 10.9. The van der Waals surface area contributed by atoms with Gasteiger partial charge in [-0.15, -0.1) is 0 Å². The van der Waals surface area contributed by atoms with Gasteiger partial charge in [0.1, 0.15) is 17.3 Å². The minimum Gasteiger partial charge on any atom is -0.497 e. The van der Waals surface area contributed by atoms with Gasteiger partial charge in [0.05, 0.1) is 13.7 Å². The van der Waals surface area contributed by atoms with Crippen molar-refractivity contribution in [1.82, 2.24) is 9.80 Å². The summed E-state index contributed by atoms with van der Waals surface area (Å²) in [4.78, 5) is 30.1. The second-order valence-corrected chi connectivity index (χ2v) is 9.38. The van der Waals surface area contributed by atoms with Crippen molar-refractivity contribution in [3.63, 3.8) is 0 Å². The molecule has 0 aromatic heterocycles. The first-order valence-electron chi connectivity index (χ1n) is 12.1. The van der Waals surface area contributed by atoms with Gasteiger partial charge in [-0.05, 0) is 74.6 Å². The highest BCUT2D eigenvalue weighted by molar-refractivity contribution is 5.94. The molecule has 2 saturated heterocycles. The Bertz CT molecular complexity index is 980. The molecule has 4 rings (SSSR count). The van der Waals surface area contributed by atoms with Crippen LogP contribution in [0, 0.1) is 11.2 Å². The van der Waals surface area contributed by atoms with E-state index in [1.165, 1.54) is 18.6 Å². The van der Waals surface area contributed by atoms with Gasteiger partial charge in [-0.1, -0.05) is 6.07 Å². The van der Waals surface area contributed by atoms with Gasteiger partial charge in [-0.2, -0.15) is 0 Å². The fourth-order valence-corrected chi connectivity index (χ4v) is 4.84. The minimum atomic E-state index is -0.367. The van der Waals surface area contributed by atoms with Crippen LogP contribution in [-0.2, 0) is 4.79 Å². The van der Waals surface area contributed by atoms with Gasteiger partial charge in [0, 0.05) is 43.6 Å². The smallest absolute Gasteiger partial charge is 0.253 e. The summed E-state index contributed by atoms with van der Waals surface area (Å²) in [5.74, 6) is 1.05. The van der Waals surface area contributed by atoms with Crippen molar-refractivity contribution in [2.75, 3.05) is 39.9 Å². The van der Waals surface area contributed by atoms with Crippen LogP contribution in [-0.4, -0.2) is 61.5 Å². The molecule has 2 heterocycles. The Labute approximate surface area is 200 Å². The van der Waals surface area contributed by atoms with Gasteiger partial charge in [-0.25, -0.2) is 4.39 Å². The molecule has 7 heteroatoms. The maximum absolute atomic E-state index is 13.3. The topological polar surface area (TPSA) is 59.1 Å². The van der Waals surface area contributed by atoms with Gasteiger partial charge in [0.25, 0.3) is 5.91 Å². The number of likely N-dealkylation sites (tertiary alicyclic amines) is 2. The number of rotatable bonds is 7. The van der Waals surface area contributed by atoms with Crippen molar-refractivity contribution >= 4 is 11.8 Å². The van der Waals surface area contributed by atoms with E-state index in [0.29, 0.717) is 56.0 Å². The number of hydrogen-bond acceptors (Lipinski definition) is 4. The van der Waals surface area contributed by atoms with Gasteiger partial charge < -0.3 is 19.3 Å². The predicted molar refractivity (Wildman–Crippen MR) is 128 cm³/mol. The van der Waals surface area contributed by atoms with E-state index in [1.54, 1.807) is 31.4 Å². The van der Waals surface area contributed by atoms with E-state index in [2.05, 4.69) is 0 Å². The van der Waals surface area contributed by atoms with E-state index < -0.39 is 0 Å². The average molecular weight is 469 g/mol. The first-order valence-corrected chi connectivity index (χ1v) is 12.1. The Kier molecular flexibility index (Phi) is 7.70. The van der Waals surface area contributed by atoms with Crippen LogP contribution in [0.25, 0.3) is 0 Å². The minimum absolute atomic E-state index is 0.0330. The molecule has 2 amide bonds. The zero-order valence-corrected chi connectivity index (χ0v) is 19.8. The van der Waals surface area contributed by atoms with Gasteiger partial charge in [0.15, 0.2) is 0 Å². The van der Waals surface area contributed by atoms with E-state index in [4.69, 9.17) is 9.47 Å². The summed E-state index contributed by atoms with van der Waals surface area (Å²) in [6, 6.07) is 13.1. The Hall–Kier alpha value is -3.09. The largest absolute Gasteiger partial charge is 0.497 e. The first kappa shape index (κ1) is 24.0. The lowest BCUT2D eigenvalue weighted by Crippen LogP contribution is -2.48. The Balaban J connectivity index is 1.45. The Morgan fingerprint density at radius 1 is 0.912 bits per heavy atom. The summed E-state index contributed by atoms with van der Waals surface area (Å²) in [6.07, 6.45) is 5.01. The van der Waals surface area contributed by atoms with Gasteiger partial charge in [-0.3, -0.25) is 9.59 Å². The normalized spacial score (nSPS) is 17.8. The van der Waals surface area contributed by atoms with E-state index in [9.17, 15) is 14.0 Å². The molecular formula is C27H33FN2O4. The molecule has 0 aliphatic carbocycles. The third-order valence-electron chi connectivity index (χ3n) is 7.02. The fourth-order valence-electron chi connectivity index (χ4n) is 4.84. The van der Waals surface area contributed by atoms with E-state index in [1.807, 2.05) is 21.9 Å². The van der Waals surface area contributed by atoms with Crippen molar-refractivity contribution in [2.45, 2.75) is 38.5 Å². The summed E-state index contributed by atoms with van der Waals surface area (Å²) >= 11 is 0. The molecular weight excluding hydrogens is 435 g/mol. The summed E-state index contributed by atoms with van der Waals surface area (Å²) < 4.78 is 24.6. The molecule has 2 aromatic rings. The number of piperidine rings is 2. The summed E-state index contributed by atoms with van der Waals surface area (Å²) in [6.45, 7) is 3.09. The SMILES string of the molecule is COc1cccc(C(=O)N2CCC(COc3ccc(F)cc3)(CC(=O)N3CCCCC3)CC2)c1. The van der Waals surface area contributed by atoms with Crippen LogP contribution in [0.2, 0.25) is 0 Å². The maximum atomic E-state index is 13.3. The third-order valence-corrected chi connectivity index (χ3v) is 7.02. The molecule has 6 nitrogen and oxygen atoms in total. The molecule has 0 unspecified atom stereocenters. The van der Waals surface area contributed by atoms with Crippen molar-refractivity contribution in [1.29, 1.82) is 0 Å². The van der Waals surface area contributed by atoms with E-state index in [-0.39, 0.29) is 23.0 Å². The zero-order chi connectivity index (χ0) is 24.0. The molecule has 34 heavy (non-hydrogen) atoms. The van der Waals surface area contributed by atoms with Crippen molar-refractivity contribution < 1.29 is 23.5 Å². The lowest BCUT2D eigenvalue weighted by atomic mass is 9.75. The van der Waals surface area contributed by atoms with Crippen LogP contribution < -0.4 is 9.47 Å². The van der Waals surface area contributed by atoms with Crippen LogP contribution in [0.3, 0.4) is 0 Å². The zero-order valence-electron chi connectivity index (χ0n) is 19.8. The highest BCUT2D eigenvalue weighted by Crippen LogP contribution is 2.37. The number of methoxy groups -OCH3 is 1. The lowest BCUT2D eigenvalue weighted by molar-refractivity contribution is -0.136. The molecule has 0 N–H and O–H groups in total. The van der Waals surface area contributed by atoms with Gasteiger partial charge >= 0.3 is 0 Å². The first-order chi connectivity index (χ1) is 16.5. The molecule has 0 atom stereocenters. The standard InChI is InChI=1S/C27H33FN2O4/c1-33-24-7-5-6-21(18-24)26(32)30-16-12-27(13-17-30,19-25(31)29-14-3-2-4-15-29)20-34-23-10-8-22(28)9-11-23/h5-11,18H,2-4,12-17,19-20H2,1H3. The molecule has 182 valence electrons. The number of nitrogens with zero attached hydrogens (tertiary/aromatic N) is 2. The molecule has 2 aliphatic rings. The number of carbonyl (C=O) groups is 2. The maximum Gasteiger partial charge on any atom is 0.253 e. The monoisotopic (exact) mass is 468 g/mol. The fraction of sp³-hybridized carbons (Fsp3) is 0.481. The number of benzene rings is 2. The van der Waals surface area contributed by atoms with Crippen LogP contribution in [0.4, 0.5) is 4.39 Å². The summed E-state index contributed by atoms with van der Waals surface area (Å²) in [5, 5.41) is 0. The Morgan fingerprint density at radius 3 is 2.29 bits per heavy atom. The van der Waals surface area contributed by atoms with E-state index in [0.717, 1.165) is 25.9 Å². The van der Waals surface area contributed by atoms with Crippen LogP contribution in [0.1, 0.15) is 48.9 Å². The molecule has 2 aliphatic heterocycles. The van der Waals surface area contributed by atoms with Crippen molar-refractivity contribution in [2.24, 2.45) is 5.41 Å². The molecule has 2 aromatic carbocycles. The second-order valence-electron chi connectivity index (χ2n) is 9.38. The molecule has 0 spiro atoms. The lowest BCUT2D eigenvalue weighted by Gasteiger charge is -2.42. The number of halogens is 1. The highest BCUT2D eigenvalue weighted by Gasteiger charge is 2.40. The number of amides is 2. The van der Waals surface area contributed by atoms with Crippen molar-refractivity contribution in [3.05, 3.63) is 59.9 Å². The van der Waals surface area contributed by atoms with Crippen LogP contribution in [0.15, 0.2) is 48.5 Å². The van der Waals surface area contributed by atoms with Crippen LogP contribution in [0.5, 0.6) is 11.5 Å². The molecule has 0 radical (unpaired) electrons. The van der Waals surface area contributed by atoms with Gasteiger partial charge in [0.2, 0.25) is 5.91 Å². The quantitative estimate of drug-likeness (QED) is 0.599. The van der Waals surface area contributed by atoms with E-state index >= 15 is 0 Å². The highest BCUT2D eigenvalue weighted by atomic mass is 19.1. The molecule has 2 fully saturated rings. The summed E-state index contributed by atoms with van der Waals surface area (Å²) in [5.41, 5.74) is 0.229. The number of ether oxygens (including phenoxy) is 2. The third kappa shape index (κ3) is 5.88. The predicted octanol–water partition coefficient (Wildman–Crippen LogP) is 4.54. The average Bonchev–Trinajstić information content (AvgIpc) is 2.89.